The number of aryl methyl sites for hydroxylation is 3. The maximum Gasteiger partial charge on any atom is 0.337 e. The number of amides is 1. The van der Waals surface area contributed by atoms with Crippen LogP contribution in [0.1, 0.15) is 50.0 Å². The highest BCUT2D eigenvalue weighted by molar-refractivity contribution is 6.01. The lowest BCUT2D eigenvalue weighted by Crippen LogP contribution is -2.23. The van der Waals surface area contributed by atoms with Gasteiger partial charge in [0.15, 0.2) is 0 Å². The van der Waals surface area contributed by atoms with E-state index in [1.807, 2.05) is 32.0 Å². The molecule has 3 aromatic rings. The summed E-state index contributed by atoms with van der Waals surface area (Å²) in [6.07, 6.45) is 0. The van der Waals surface area contributed by atoms with E-state index in [1.165, 1.54) is 36.1 Å². The molecule has 0 aliphatic rings. The van der Waals surface area contributed by atoms with Crippen molar-refractivity contribution in [2.45, 2.75) is 27.7 Å². The first-order valence-corrected chi connectivity index (χ1v) is 9.65. The van der Waals surface area contributed by atoms with Crippen molar-refractivity contribution in [2.75, 3.05) is 7.11 Å². The lowest BCUT2D eigenvalue weighted by atomic mass is 10.1. The lowest BCUT2D eigenvalue weighted by Gasteiger charge is -2.05. The van der Waals surface area contributed by atoms with E-state index in [9.17, 15) is 14.4 Å². The summed E-state index contributed by atoms with van der Waals surface area (Å²) in [5, 5.41) is 7.16. The Morgan fingerprint density at radius 3 is 2.26 bits per heavy atom. The van der Waals surface area contributed by atoms with Crippen molar-refractivity contribution in [1.82, 2.24) is 15.2 Å². The molecular formula is C23H24N4O4. The number of carbonyl (C=O) groups is 2. The molecule has 0 radical (unpaired) electrons. The number of carbonyl (C=O) groups excluding carboxylic acids is 2. The van der Waals surface area contributed by atoms with Crippen molar-refractivity contribution in [2.24, 2.45) is 5.10 Å². The van der Waals surface area contributed by atoms with Crippen LogP contribution in [0.5, 0.6) is 0 Å². The number of hydrogen-bond acceptors (Lipinski definition) is 5. The van der Waals surface area contributed by atoms with Gasteiger partial charge in [0.05, 0.1) is 29.6 Å². The Labute approximate surface area is 179 Å². The number of H-pyrrole nitrogens is 1. The van der Waals surface area contributed by atoms with Gasteiger partial charge in [-0.15, -0.1) is 0 Å². The van der Waals surface area contributed by atoms with Crippen molar-refractivity contribution < 1.29 is 14.3 Å². The summed E-state index contributed by atoms with van der Waals surface area (Å²) in [5.74, 6) is -0.942. The summed E-state index contributed by atoms with van der Waals surface area (Å²) < 4.78 is 6.10. The van der Waals surface area contributed by atoms with Crippen molar-refractivity contribution in [3.05, 3.63) is 86.3 Å². The average Bonchev–Trinajstić information content (AvgIpc) is 3.07. The Bertz CT molecular complexity index is 1230. The van der Waals surface area contributed by atoms with Gasteiger partial charge in [0.2, 0.25) is 0 Å². The third-order valence-electron chi connectivity index (χ3n) is 5.08. The van der Waals surface area contributed by atoms with E-state index in [0.717, 1.165) is 16.8 Å². The highest BCUT2D eigenvalue weighted by Crippen LogP contribution is 2.13. The molecule has 1 amide bonds. The summed E-state index contributed by atoms with van der Waals surface area (Å²) in [6, 6.07) is 11.8. The van der Waals surface area contributed by atoms with Gasteiger partial charge in [-0.25, -0.2) is 14.9 Å². The smallest absolute Gasteiger partial charge is 0.337 e. The van der Waals surface area contributed by atoms with Gasteiger partial charge in [0.25, 0.3) is 11.5 Å². The third kappa shape index (κ3) is 4.48. The van der Waals surface area contributed by atoms with Crippen LogP contribution in [0, 0.1) is 20.8 Å². The fraction of sp³-hybridized carbons (Fsp3) is 0.217. The van der Waals surface area contributed by atoms with Crippen LogP contribution >= 0.6 is 0 Å². The first kappa shape index (κ1) is 21.8. The molecule has 1 aromatic heterocycles. The monoisotopic (exact) mass is 420 g/mol. The molecule has 0 bridgehead atoms. The largest absolute Gasteiger partial charge is 0.465 e. The van der Waals surface area contributed by atoms with Crippen LogP contribution in [0.25, 0.3) is 5.69 Å². The van der Waals surface area contributed by atoms with Crippen LogP contribution in [0.2, 0.25) is 0 Å². The van der Waals surface area contributed by atoms with Gasteiger partial charge in [-0.3, -0.25) is 14.7 Å². The highest BCUT2D eigenvalue weighted by atomic mass is 16.5. The number of nitrogens with zero attached hydrogens (tertiary/aromatic N) is 2. The second-order valence-corrected chi connectivity index (χ2v) is 7.23. The number of hydrazone groups is 1. The molecule has 0 aliphatic carbocycles. The molecular weight excluding hydrogens is 396 g/mol. The number of rotatable bonds is 5. The molecule has 2 N–H and O–H groups in total. The molecule has 0 atom stereocenters. The van der Waals surface area contributed by atoms with Crippen molar-refractivity contribution in [3.8, 4) is 5.69 Å². The van der Waals surface area contributed by atoms with Crippen molar-refractivity contribution >= 4 is 17.6 Å². The molecule has 2 aromatic carbocycles. The SMILES string of the molecule is COC(=O)c1ccc(C(=O)N/N=C(/C)c2c(C)[nH]n(-c3ccc(C)c(C)c3)c2=O)cc1. The van der Waals surface area contributed by atoms with Gasteiger partial charge < -0.3 is 4.74 Å². The second kappa shape index (κ2) is 8.83. The molecule has 8 heteroatoms. The minimum absolute atomic E-state index is 0.251. The van der Waals surface area contributed by atoms with Gasteiger partial charge in [-0.1, -0.05) is 6.07 Å². The number of aromatic amines is 1. The van der Waals surface area contributed by atoms with Gasteiger partial charge in [0.1, 0.15) is 0 Å². The summed E-state index contributed by atoms with van der Waals surface area (Å²) in [6.45, 7) is 7.43. The lowest BCUT2D eigenvalue weighted by molar-refractivity contribution is 0.0600. The Morgan fingerprint density at radius 2 is 1.65 bits per heavy atom. The fourth-order valence-corrected chi connectivity index (χ4v) is 3.15. The predicted molar refractivity (Wildman–Crippen MR) is 118 cm³/mol. The third-order valence-corrected chi connectivity index (χ3v) is 5.08. The number of ether oxygens (including phenoxy) is 1. The molecule has 1 heterocycles. The van der Waals surface area contributed by atoms with E-state index in [-0.39, 0.29) is 5.56 Å². The van der Waals surface area contributed by atoms with Gasteiger partial charge in [0, 0.05) is 11.3 Å². The summed E-state index contributed by atoms with van der Waals surface area (Å²) in [7, 11) is 1.29. The van der Waals surface area contributed by atoms with E-state index >= 15 is 0 Å². The molecule has 8 nitrogen and oxygen atoms in total. The topological polar surface area (TPSA) is 106 Å². The quantitative estimate of drug-likeness (QED) is 0.376. The second-order valence-electron chi connectivity index (χ2n) is 7.23. The average molecular weight is 420 g/mol. The first-order valence-electron chi connectivity index (χ1n) is 9.65. The van der Waals surface area contributed by atoms with Crippen LogP contribution in [-0.4, -0.2) is 34.5 Å². The van der Waals surface area contributed by atoms with Gasteiger partial charge in [-0.2, -0.15) is 5.10 Å². The minimum Gasteiger partial charge on any atom is -0.465 e. The van der Waals surface area contributed by atoms with Gasteiger partial charge >= 0.3 is 5.97 Å². The molecule has 0 saturated carbocycles. The molecule has 0 spiro atoms. The first-order chi connectivity index (χ1) is 14.7. The van der Waals surface area contributed by atoms with Crippen LogP contribution in [0.4, 0.5) is 0 Å². The van der Waals surface area contributed by atoms with Crippen LogP contribution in [0.15, 0.2) is 52.4 Å². The summed E-state index contributed by atoms with van der Waals surface area (Å²) in [5.41, 5.74) is 7.21. The number of nitrogens with one attached hydrogen (secondary N) is 2. The van der Waals surface area contributed by atoms with Crippen LogP contribution in [-0.2, 0) is 4.74 Å². The Hall–Kier alpha value is -3.94. The van der Waals surface area contributed by atoms with Crippen LogP contribution in [0.3, 0.4) is 0 Å². The Morgan fingerprint density at radius 1 is 1.00 bits per heavy atom. The van der Waals surface area contributed by atoms with E-state index in [4.69, 9.17) is 0 Å². The van der Waals surface area contributed by atoms with Crippen molar-refractivity contribution in [1.29, 1.82) is 0 Å². The molecule has 0 aliphatic heterocycles. The zero-order valence-corrected chi connectivity index (χ0v) is 18.1. The van der Waals surface area contributed by atoms with E-state index in [0.29, 0.717) is 28.1 Å². The maximum atomic E-state index is 13.0. The van der Waals surface area contributed by atoms with Crippen molar-refractivity contribution in [3.63, 3.8) is 0 Å². The Kier molecular flexibility index (Phi) is 6.20. The standard InChI is InChI=1S/C23H24N4O4/c1-13-6-11-19(12-14(13)2)27-22(29)20(16(4)26-27)15(3)24-25-21(28)17-7-9-18(10-8-17)23(30)31-5/h6-12,26H,1-5H3,(H,25,28)/b24-15-. The number of hydrogen-bond donors (Lipinski definition) is 2. The maximum absolute atomic E-state index is 13.0. The van der Waals surface area contributed by atoms with Crippen LogP contribution < -0.4 is 11.0 Å². The zero-order chi connectivity index (χ0) is 22.7. The van der Waals surface area contributed by atoms with E-state index in [2.05, 4.69) is 20.4 Å². The summed E-state index contributed by atoms with van der Waals surface area (Å²) in [4.78, 5) is 36.8. The molecule has 160 valence electrons. The Balaban J connectivity index is 1.82. The van der Waals surface area contributed by atoms with Gasteiger partial charge in [-0.05, 0) is 75.2 Å². The van der Waals surface area contributed by atoms with E-state index in [1.54, 1.807) is 13.8 Å². The number of esters is 1. The van der Waals surface area contributed by atoms with E-state index < -0.39 is 11.9 Å². The predicted octanol–water partition coefficient (Wildman–Crippen LogP) is 3.03. The molecule has 3 rings (SSSR count). The summed E-state index contributed by atoms with van der Waals surface area (Å²) >= 11 is 0. The number of aromatic nitrogens is 2. The number of methoxy groups -OCH3 is 1. The minimum atomic E-state index is -0.483. The number of benzene rings is 2. The fourth-order valence-electron chi connectivity index (χ4n) is 3.15. The molecule has 0 unspecified atom stereocenters. The zero-order valence-electron chi connectivity index (χ0n) is 18.1. The highest BCUT2D eigenvalue weighted by Gasteiger charge is 2.16. The molecule has 31 heavy (non-hydrogen) atoms. The normalized spacial score (nSPS) is 11.3. The molecule has 0 fully saturated rings. The molecule has 0 saturated heterocycles.